The summed E-state index contributed by atoms with van der Waals surface area (Å²) in [4.78, 5) is 7.12. The number of benzene rings is 1. The molecule has 0 amide bonds. The lowest BCUT2D eigenvalue weighted by Gasteiger charge is -2.21. The number of hydrogen-bond acceptors (Lipinski definition) is 3. The molecule has 1 aromatic carbocycles. The molecule has 25 heavy (non-hydrogen) atoms. The van der Waals surface area contributed by atoms with E-state index >= 15 is 0 Å². The summed E-state index contributed by atoms with van der Waals surface area (Å²) in [5, 5.41) is 3.41. The first kappa shape index (κ1) is 22.0. The van der Waals surface area contributed by atoms with Gasteiger partial charge in [-0.15, -0.1) is 24.0 Å². The summed E-state index contributed by atoms with van der Waals surface area (Å²) in [7, 11) is 1.78. The van der Waals surface area contributed by atoms with E-state index in [4.69, 9.17) is 14.5 Å². The maximum atomic E-state index is 5.71. The Morgan fingerprint density at radius 2 is 2.08 bits per heavy atom. The number of rotatable bonds is 9. The number of likely N-dealkylation sites (tertiary alicyclic amines) is 1. The number of nitrogens with one attached hydrogen (secondary N) is 1. The molecule has 1 N–H and O–H groups in total. The Kier molecular flexibility index (Phi) is 11.6. The van der Waals surface area contributed by atoms with Crippen LogP contribution in [0.5, 0.6) is 5.75 Å². The van der Waals surface area contributed by atoms with Crippen molar-refractivity contribution in [2.24, 2.45) is 10.9 Å². The molecule has 1 saturated heterocycles. The molecule has 2 rings (SSSR count). The highest BCUT2D eigenvalue weighted by molar-refractivity contribution is 14.0. The molecule has 0 aliphatic carbocycles. The van der Waals surface area contributed by atoms with Crippen molar-refractivity contribution < 1.29 is 9.47 Å². The Balaban J connectivity index is 0.00000312. The van der Waals surface area contributed by atoms with Crippen molar-refractivity contribution >= 4 is 29.9 Å². The van der Waals surface area contributed by atoms with Crippen LogP contribution in [0.3, 0.4) is 0 Å². The quantitative estimate of drug-likeness (QED) is 0.265. The third-order valence-corrected chi connectivity index (χ3v) is 4.15. The predicted molar refractivity (Wildman–Crippen MR) is 114 cm³/mol. The van der Waals surface area contributed by atoms with Gasteiger partial charge >= 0.3 is 0 Å². The fourth-order valence-electron chi connectivity index (χ4n) is 2.93. The minimum atomic E-state index is 0. The maximum absolute atomic E-state index is 5.71. The highest BCUT2D eigenvalue weighted by Gasteiger charge is 2.24. The third-order valence-electron chi connectivity index (χ3n) is 4.15. The van der Waals surface area contributed by atoms with Gasteiger partial charge in [0, 0.05) is 39.2 Å². The molecule has 1 unspecified atom stereocenters. The van der Waals surface area contributed by atoms with Gasteiger partial charge in [0.2, 0.25) is 0 Å². The molecule has 1 atom stereocenters. The van der Waals surface area contributed by atoms with Crippen LogP contribution in [0, 0.1) is 5.92 Å². The van der Waals surface area contributed by atoms with Gasteiger partial charge in [-0.25, -0.2) is 0 Å². The predicted octanol–water partition coefficient (Wildman–Crippen LogP) is 3.40. The van der Waals surface area contributed by atoms with Gasteiger partial charge in [-0.2, -0.15) is 0 Å². The molecule has 0 radical (unpaired) electrons. The van der Waals surface area contributed by atoms with E-state index in [9.17, 15) is 0 Å². The third kappa shape index (κ3) is 8.27. The Bertz CT molecular complexity index is 485. The fraction of sp³-hybridized carbons (Fsp3) is 0.632. The van der Waals surface area contributed by atoms with Crippen molar-refractivity contribution in [2.75, 3.05) is 46.5 Å². The van der Waals surface area contributed by atoms with E-state index in [1.54, 1.807) is 7.11 Å². The number of halogens is 1. The molecular formula is C19H32IN3O2. The van der Waals surface area contributed by atoms with Gasteiger partial charge in [-0.1, -0.05) is 18.2 Å². The maximum Gasteiger partial charge on any atom is 0.193 e. The summed E-state index contributed by atoms with van der Waals surface area (Å²) in [6.07, 6.45) is 3.24. The number of unbranched alkanes of at least 4 members (excludes halogenated alkanes) is 1. The topological polar surface area (TPSA) is 46.1 Å². The number of para-hydroxylation sites is 1. The van der Waals surface area contributed by atoms with Gasteiger partial charge in [0.1, 0.15) is 5.75 Å². The standard InChI is InChI=1S/C19H31N3O2.HI/c1-3-20-19(22-13-11-17(15-22)16-23-2)21-12-7-8-14-24-18-9-5-4-6-10-18;/h4-6,9-10,17H,3,7-8,11-16H2,1-2H3,(H,20,21);1H. The first-order chi connectivity index (χ1) is 11.8. The number of methoxy groups -OCH3 is 1. The van der Waals surface area contributed by atoms with Crippen LogP contribution in [0.4, 0.5) is 0 Å². The van der Waals surface area contributed by atoms with Crippen LogP contribution in [0.25, 0.3) is 0 Å². The molecule has 6 heteroatoms. The molecule has 5 nitrogen and oxygen atoms in total. The minimum absolute atomic E-state index is 0. The van der Waals surface area contributed by atoms with Gasteiger partial charge in [0.05, 0.1) is 13.2 Å². The summed E-state index contributed by atoms with van der Waals surface area (Å²) in [6.45, 7) is 7.55. The average Bonchev–Trinajstić information content (AvgIpc) is 3.07. The molecule has 1 heterocycles. The monoisotopic (exact) mass is 461 g/mol. The van der Waals surface area contributed by atoms with Crippen LogP contribution in [0.1, 0.15) is 26.2 Å². The molecule has 1 fully saturated rings. The Morgan fingerprint density at radius 1 is 1.28 bits per heavy atom. The SMILES string of the molecule is CCNC(=NCCCCOc1ccccc1)N1CCC(COC)C1.I. The van der Waals surface area contributed by atoms with E-state index in [1.807, 2.05) is 30.3 Å². The lowest BCUT2D eigenvalue weighted by atomic mass is 10.1. The van der Waals surface area contributed by atoms with Crippen LogP contribution in [-0.4, -0.2) is 57.4 Å². The highest BCUT2D eigenvalue weighted by atomic mass is 127. The van der Waals surface area contributed by atoms with E-state index in [0.29, 0.717) is 5.92 Å². The van der Waals surface area contributed by atoms with E-state index in [-0.39, 0.29) is 24.0 Å². The molecule has 0 spiro atoms. The number of ether oxygens (including phenoxy) is 2. The molecule has 0 aromatic heterocycles. The molecule has 142 valence electrons. The normalized spacial score (nSPS) is 17.3. The van der Waals surface area contributed by atoms with Crippen LogP contribution < -0.4 is 10.1 Å². The van der Waals surface area contributed by atoms with Crippen molar-refractivity contribution in [1.82, 2.24) is 10.2 Å². The summed E-state index contributed by atoms with van der Waals surface area (Å²) >= 11 is 0. The second kappa shape index (κ2) is 13.2. The number of hydrogen-bond donors (Lipinski definition) is 1. The van der Waals surface area contributed by atoms with Gasteiger partial charge in [0.15, 0.2) is 5.96 Å². The molecule has 0 saturated carbocycles. The second-order valence-corrected chi connectivity index (χ2v) is 6.16. The summed E-state index contributed by atoms with van der Waals surface area (Å²) in [5.74, 6) is 2.61. The lowest BCUT2D eigenvalue weighted by molar-refractivity contribution is 0.157. The first-order valence-corrected chi connectivity index (χ1v) is 9.03. The first-order valence-electron chi connectivity index (χ1n) is 9.03. The second-order valence-electron chi connectivity index (χ2n) is 6.16. The number of nitrogens with zero attached hydrogens (tertiary/aromatic N) is 2. The van der Waals surface area contributed by atoms with Gasteiger partial charge in [0.25, 0.3) is 0 Å². The summed E-state index contributed by atoms with van der Waals surface area (Å²) in [6, 6.07) is 9.97. The van der Waals surface area contributed by atoms with E-state index < -0.39 is 0 Å². The van der Waals surface area contributed by atoms with Crippen molar-refractivity contribution in [3.63, 3.8) is 0 Å². The fourth-order valence-corrected chi connectivity index (χ4v) is 2.93. The summed E-state index contributed by atoms with van der Waals surface area (Å²) in [5.41, 5.74) is 0. The van der Waals surface area contributed by atoms with Crippen LogP contribution in [-0.2, 0) is 4.74 Å². The summed E-state index contributed by atoms with van der Waals surface area (Å²) < 4.78 is 11.0. The Morgan fingerprint density at radius 3 is 2.80 bits per heavy atom. The van der Waals surface area contributed by atoms with Crippen molar-refractivity contribution in [1.29, 1.82) is 0 Å². The Hall–Kier alpha value is -1.02. The highest BCUT2D eigenvalue weighted by Crippen LogP contribution is 2.16. The lowest BCUT2D eigenvalue weighted by Crippen LogP contribution is -2.40. The Labute approximate surface area is 169 Å². The zero-order chi connectivity index (χ0) is 17.0. The van der Waals surface area contributed by atoms with Crippen LogP contribution in [0.15, 0.2) is 35.3 Å². The minimum Gasteiger partial charge on any atom is -0.494 e. The van der Waals surface area contributed by atoms with E-state index in [2.05, 4.69) is 17.1 Å². The van der Waals surface area contributed by atoms with Gasteiger partial charge in [-0.05, 0) is 38.3 Å². The van der Waals surface area contributed by atoms with E-state index in [0.717, 1.165) is 63.9 Å². The van der Waals surface area contributed by atoms with Crippen LogP contribution >= 0.6 is 24.0 Å². The zero-order valence-corrected chi connectivity index (χ0v) is 17.8. The smallest absolute Gasteiger partial charge is 0.193 e. The van der Waals surface area contributed by atoms with Gasteiger partial charge in [-0.3, -0.25) is 4.99 Å². The van der Waals surface area contributed by atoms with Crippen LogP contribution in [0.2, 0.25) is 0 Å². The van der Waals surface area contributed by atoms with E-state index in [1.165, 1.54) is 6.42 Å². The molecule has 1 aliphatic heterocycles. The van der Waals surface area contributed by atoms with Crippen molar-refractivity contribution in [3.8, 4) is 5.75 Å². The van der Waals surface area contributed by atoms with Gasteiger partial charge < -0.3 is 19.7 Å². The number of guanidine groups is 1. The van der Waals surface area contributed by atoms with Crippen molar-refractivity contribution in [3.05, 3.63) is 30.3 Å². The largest absolute Gasteiger partial charge is 0.494 e. The molecular weight excluding hydrogens is 429 g/mol. The molecule has 0 bridgehead atoms. The molecule has 1 aliphatic rings. The average molecular weight is 461 g/mol. The van der Waals surface area contributed by atoms with Crippen molar-refractivity contribution in [2.45, 2.75) is 26.2 Å². The molecule has 1 aromatic rings. The number of aliphatic imine (C=N–C) groups is 1. The zero-order valence-electron chi connectivity index (χ0n) is 15.4.